The summed E-state index contributed by atoms with van der Waals surface area (Å²) in [5, 5.41) is 23.1. The molecule has 61 heavy (non-hydrogen) atoms. The molecule has 0 aliphatic carbocycles. The van der Waals surface area contributed by atoms with Crippen LogP contribution in [0.4, 0.5) is 0 Å². The van der Waals surface area contributed by atoms with E-state index >= 15 is 0 Å². The Kier molecular flexibility index (Phi) is 49.6. The van der Waals surface area contributed by atoms with Crippen LogP contribution >= 0.6 is 0 Å². The van der Waals surface area contributed by atoms with E-state index in [-0.39, 0.29) is 18.5 Å². The number of rotatable bonds is 50. The fraction of sp³-hybridized carbons (Fsp3) is 0.891. The average Bonchev–Trinajstić information content (AvgIpc) is 3.26. The van der Waals surface area contributed by atoms with E-state index in [1.807, 2.05) is 6.08 Å². The first-order chi connectivity index (χ1) is 30.0. The molecular weight excluding hydrogens is 755 g/mol. The van der Waals surface area contributed by atoms with E-state index in [4.69, 9.17) is 4.74 Å². The Balaban J connectivity index is 3.53. The second-order valence-electron chi connectivity index (χ2n) is 18.6. The third-order valence-corrected chi connectivity index (χ3v) is 12.5. The third-order valence-electron chi connectivity index (χ3n) is 12.5. The highest BCUT2D eigenvalue weighted by Crippen LogP contribution is 2.16. The molecule has 360 valence electrons. The van der Waals surface area contributed by atoms with Crippen molar-refractivity contribution in [3.05, 3.63) is 24.3 Å². The van der Waals surface area contributed by atoms with Gasteiger partial charge < -0.3 is 20.3 Å². The summed E-state index contributed by atoms with van der Waals surface area (Å²) in [4.78, 5) is 24.5. The van der Waals surface area contributed by atoms with Gasteiger partial charge in [-0.1, -0.05) is 244 Å². The van der Waals surface area contributed by atoms with Gasteiger partial charge in [0.15, 0.2) is 0 Å². The monoisotopic (exact) mass is 860 g/mol. The molecule has 0 aliphatic heterocycles. The Bertz CT molecular complexity index is 951. The van der Waals surface area contributed by atoms with Crippen molar-refractivity contribution < 1.29 is 24.5 Å². The van der Waals surface area contributed by atoms with Crippen LogP contribution in [0.2, 0.25) is 0 Å². The van der Waals surface area contributed by atoms with E-state index in [0.717, 1.165) is 57.8 Å². The van der Waals surface area contributed by atoms with Crippen LogP contribution in [0.15, 0.2) is 24.3 Å². The van der Waals surface area contributed by atoms with Crippen molar-refractivity contribution in [2.75, 3.05) is 13.2 Å². The van der Waals surface area contributed by atoms with Crippen LogP contribution in [0.5, 0.6) is 0 Å². The highest BCUT2D eigenvalue weighted by atomic mass is 16.5. The van der Waals surface area contributed by atoms with Crippen molar-refractivity contribution in [2.24, 2.45) is 0 Å². The molecule has 0 aliphatic rings. The Labute approximate surface area is 380 Å². The Morgan fingerprint density at radius 1 is 0.443 bits per heavy atom. The summed E-state index contributed by atoms with van der Waals surface area (Å²) in [6.07, 6.45) is 60.4. The number of allylic oxidation sites excluding steroid dienone is 3. The van der Waals surface area contributed by atoms with Crippen LogP contribution in [-0.4, -0.2) is 47.4 Å². The second kappa shape index (κ2) is 51.0. The number of aliphatic hydroxyl groups is 2. The van der Waals surface area contributed by atoms with Gasteiger partial charge >= 0.3 is 5.97 Å². The molecule has 1 amide bonds. The molecular formula is C55H105NO5. The maximum absolute atomic E-state index is 12.5. The summed E-state index contributed by atoms with van der Waals surface area (Å²) >= 11 is 0. The van der Waals surface area contributed by atoms with Crippen LogP contribution in [0, 0.1) is 0 Å². The summed E-state index contributed by atoms with van der Waals surface area (Å²) < 4.78 is 5.44. The largest absolute Gasteiger partial charge is 0.466 e. The normalized spacial score (nSPS) is 12.8. The first kappa shape index (κ1) is 59.3. The van der Waals surface area contributed by atoms with Crippen LogP contribution in [-0.2, 0) is 14.3 Å². The van der Waals surface area contributed by atoms with Gasteiger partial charge in [-0.2, -0.15) is 0 Å². The summed E-state index contributed by atoms with van der Waals surface area (Å²) in [7, 11) is 0. The molecule has 0 aromatic rings. The fourth-order valence-electron chi connectivity index (χ4n) is 8.27. The van der Waals surface area contributed by atoms with Gasteiger partial charge in [-0.25, -0.2) is 0 Å². The highest BCUT2D eigenvalue weighted by molar-refractivity contribution is 5.76. The number of unbranched alkanes of at least 4 members (excludes halogenated alkanes) is 37. The SMILES string of the molecule is CCCCCC/C=C\CCCCCCCC(=O)OCCCCCCCCCCCC(=O)NC(CO)C(O)/C=C/CCCCCCCCCCCCCCCCCCCCCC. The first-order valence-electron chi connectivity index (χ1n) is 27.1. The maximum Gasteiger partial charge on any atom is 0.305 e. The van der Waals surface area contributed by atoms with E-state index in [1.165, 1.54) is 205 Å². The van der Waals surface area contributed by atoms with Gasteiger partial charge in [-0.3, -0.25) is 9.59 Å². The van der Waals surface area contributed by atoms with Crippen molar-refractivity contribution in [3.8, 4) is 0 Å². The highest BCUT2D eigenvalue weighted by Gasteiger charge is 2.18. The lowest BCUT2D eigenvalue weighted by atomic mass is 10.0. The quantitative estimate of drug-likeness (QED) is 0.0322. The molecule has 0 heterocycles. The van der Waals surface area contributed by atoms with Crippen molar-refractivity contribution in [1.29, 1.82) is 0 Å². The molecule has 0 fully saturated rings. The minimum atomic E-state index is -0.863. The lowest BCUT2D eigenvalue weighted by Gasteiger charge is -2.20. The van der Waals surface area contributed by atoms with Gasteiger partial charge in [0.25, 0.3) is 0 Å². The lowest BCUT2D eigenvalue weighted by molar-refractivity contribution is -0.143. The van der Waals surface area contributed by atoms with Crippen LogP contribution in [0.3, 0.4) is 0 Å². The lowest BCUT2D eigenvalue weighted by Crippen LogP contribution is -2.45. The molecule has 0 rings (SSSR count). The van der Waals surface area contributed by atoms with Crippen molar-refractivity contribution >= 4 is 11.9 Å². The maximum atomic E-state index is 12.5. The van der Waals surface area contributed by atoms with Crippen LogP contribution in [0.1, 0.15) is 290 Å². The molecule has 3 N–H and O–H groups in total. The van der Waals surface area contributed by atoms with Gasteiger partial charge in [-0.15, -0.1) is 0 Å². The third kappa shape index (κ3) is 47.7. The molecule has 6 nitrogen and oxygen atoms in total. The predicted molar refractivity (Wildman–Crippen MR) is 264 cm³/mol. The number of carbonyl (C=O) groups excluding carboxylic acids is 2. The zero-order valence-electron chi connectivity index (χ0n) is 40.9. The molecule has 0 aromatic carbocycles. The summed E-state index contributed by atoms with van der Waals surface area (Å²) in [5.41, 5.74) is 0. The molecule has 0 spiro atoms. The van der Waals surface area contributed by atoms with Crippen molar-refractivity contribution in [3.63, 3.8) is 0 Å². The standard InChI is InChI=1S/C55H105NO5/c1-3-5-7-9-11-13-15-17-18-19-20-21-22-23-24-25-27-28-31-35-39-43-47-53(58)52(51-57)56-54(59)48-44-40-36-32-30-34-38-42-46-50-61-55(60)49-45-41-37-33-29-26-16-14-12-10-8-6-4-2/h14,16,43,47,52-53,57-58H,3-13,15,17-42,44-46,48-51H2,1-2H3,(H,56,59)/b16-14-,47-43+. The topological polar surface area (TPSA) is 95.9 Å². The molecule has 0 radical (unpaired) electrons. The summed E-state index contributed by atoms with van der Waals surface area (Å²) in [5.74, 6) is -0.130. The molecule has 0 aromatic heterocycles. The number of amides is 1. The fourth-order valence-corrected chi connectivity index (χ4v) is 8.27. The molecule has 2 atom stereocenters. The minimum absolute atomic E-state index is 0.0361. The predicted octanol–water partition coefficient (Wildman–Crippen LogP) is 16.3. The van der Waals surface area contributed by atoms with Crippen LogP contribution in [0.25, 0.3) is 0 Å². The van der Waals surface area contributed by atoms with E-state index in [1.54, 1.807) is 6.08 Å². The number of ether oxygens (including phenoxy) is 1. The molecule has 2 unspecified atom stereocenters. The van der Waals surface area contributed by atoms with Gasteiger partial charge in [0.1, 0.15) is 0 Å². The zero-order chi connectivity index (χ0) is 44.4. The first-order valence-corrected chi connectivity index (χ1v) is 27.1. The Morgan fingerprint density at radius 3 is 1.18 bits per heavy atom. The van der Waals surface area contributed by atoms with E-state index in [0.29, 0.717) is 19.4 Å². The van der Waals surface area contributed by atoms with Crippen molar-refractivity contribution in [2.45, 2.75) is 302 Å². The summed E-state index contributed by atoms with van der Waals surface area (Å²) in [6.45, 7) is 4.83. The number of esters is 1. The average molecular weight is 860 g/mol. The van der Waals surface area contributed by atoms with Gasteiger partial charge in [0, 0.05) is 12.8 Å². The number of aliphatic hydroxyl groups excluding tert-OH is 2. The molecule has 0 saturated carbocycles. The van der Waals surface area contributed by atoms with E-state index < -0.39 is 12.1 Å². The zero-order valence-corrected chi connectivity index (χ0v) is 40.9. The molecule has 0 saturated heterocycles. The smallest absolute Gasteiger partial charge is 0.305 e. The van der Waals surface area contributed by atoms with Crippen molar-refractivity contribution in [1.82, 2.24) is 5.32 Å². The second-order valence-corrected chi connectivity index (χ2v) is 18.6. The Hall–Kier alpha value is -1.66. The summed E-state index contributed by atoms with van der Waals surface area (Å²) in [6, 6.07) is -0.649. The molecule has 0 bridgehead atoms. The minimum Gasteiger partial charge on any atom is -0.466 e. The van der Waals surface area contributed by atoms with Gasteiger partial charge in [-0.05, 0) is 57.8 Å². The number of hydrogen-bond acceptors (Lipinski definition) is 5. The Morgan fingerprint density at radius 2 is 0.770 bits per heavy atom. The number of hydrogen-bond donors (Lipinski definition) is 3. The number of nitrogens with one attached hydrogen (secondary N) is 1. The van der Waals surface area contributed by atoms with Gasteiger partial charge in [0.2, 0.25) is 5.91 Å². The van der Waals surface area contributed by atoms with E-state index in [2.05, 4.69) is 31.3 Å². The van der Waals surface area contributed by atoms with Gasteiger partial charge in [0.05, 0.1) is 25.4 Å². The van der Waals surface area contributed by atoms with Crippen LogP contribution < -0.4 is 5.32 Å². The van der Waals surface area contributed by atoms with E-state index in [9.17, 15) is 19.8 Å². The molecule has 6 heteroatoms. The number of carbonyl (C=O) groups is 2.